The van der Waals surface area contributed by atoms with E-state index in [2.05, 4.69) is 5.32 Å². The molecule has 1 saturated heterocycles. The molecule has 1 N–H and O–H groups in total. The number of carbonyl (C=O) groups excluding carboxylic acids is 2. The fraction of sp³-hybridized carbons (Fsp3) is 0.200. The van der Waals surface area contributed by atoms with Gasteiger partial charge in [0.2, 0.25) is 5.91 Å². The maximum absolute atomic E-state index is 13.1. The van der Waals surface area contributed by atoms with Gasteiger partial charge in [-0.25, -0.2) is 4.39 Å². The summed E-state index contributed by atoms with van der Waals surface area (Å²) in [6, 6.07) is 12.8. The molecule has 0 bridgehead atoms. The molecule has 1 aliphatic rings. The monoisotopic (exact) mass is 338 g/mol. The zero-order valence-corrected chi connectivity index (χ0v) is 13.7. The summed E-state index contributed by atoms with van der Waals surface area (Å²) in [5.74, 6) is -0.634. The number of benzene rings is 2. The number of hydrogen-bond donors (Lipinski definition) is 1. The summed E-state index contributed by atoms with van der Waals surface area (Å²) in [7, 11) is 0. The Balaban J connectivity index is 1.59. The number of amides is 2. The van der Waals surface area contributed by atoms with Gasteiger partial charge in [0.25, 0.3) is 5.91 Å². The summed E-state index contributed by atoms with van der Waals surface area (Å²) in [6.07, 6.45) is 5.00. The molecule has 3 rings (SSSR count). The topological polar surface area (TPSA) is 49.4 Å². The largest absolute Gasteiger partial charge is 0.339 e. The first-order chi connectivity index (χ1) is 12.1. The number of rotatable bonds is 4. The van der Waals surface area contributed by atoms with Crippen molar-refractivity contribution in [1.29, 1.82) is 0 Å². The molecular weight excluding hydrogens is 319 g/mol. The van der Waals surface area contributed by atoms with Crippen molar-refractivity contribution in [2.75, 3.05) is 18.4 Å². The van der Waals surface area contributed by atoms with Crippen LogP contribution in [0.1, 0.15) is 28.8 Å². The smallest absolute Gasteiger partial charge is 0.253 e. The van der Waals surface area contributed by atoms with Gasteiger partial charge in [-0.1, -0.05) is 12.1 Å². The van der Waals surface area contributed by atoms with Crippen LogP contribution in [0.15, 0.2) is 54.6 Å². The van der Waals surface area contributed by atoms with E-state index < -0.39 is 0 Å². The molecule has 0 aliphatic carbocycles. The lowest BCUT2D eigenvalue weighted by molar-refractivity contribution is -0.111. The van der Waals surface area contributed by atoms with E-state index in [1.807, 2.05) is 4.90 Å². The summed E-state index contributed by atoms with van der Waals surface area (Å²) < 4.78 is 13.1. The normalized spacial score (nSPS) is 14.0. The van der Waals surface area contributed by atoms with Crippen molar-refractivity contribution in [1.82, 2.24) is 4.90 Å². The van der Waals surface area contributed by atoms with Gasteiger partial charge in [0, 0.05) is 30.4 Å². The molecular formula is C20H19FN2O2. The number of nitrogens with one attached hydrogen (secondary N) is 1. The van der Waals surface area contributed by atoms with Crippen molar-refractivity contribution in [2.45, 2.75) is 12.8 Å². The van der Waals surface area contributed by atoms with Crippen LogP contribution >= 0.6 is 0 Å². The SMILES string of the molecule is O=C(/C=C/c1cccc(F)c1)Nc1ccc(C(=O)N2CCCC2)cc1. The quantitative estimate of drug-likeness (QED) is 0.864. The van der Waals surface area contributed by atoms with Crippen LogP contribution in [0.25, 0.3) is 6.08 Å². The number of anilines is 1. The number of carbonyl (C=O) groups is 2. The van der Waals surface area contributed by atoms with Crippen LogP contribution < -0.4 is 5.32 Å². The minimum atomic E-state index is -0.346. The van der Waals surface area contributed by atoms with E-state index in [9.17, 15) is 14.0 Å². The predicted molar refractivity (Wildman–Crippen MR) is 95.6 cm³/mol. The minimum absolute atomic E-state index is 0.0291. The lowest BCUT2D eigenvalue weighted by Gasteiger charge is -2.15. The Labute approximate surface area is 146 Å². The van der Waals surface area contributed by atoms with E-state index in [4.69, 9.17) is 0 Å². The molecule has 0 unspecified atom stereocenters. The van der Waals surface area contributed by atoms with Crippen LogP contribution in [0.3, 0.4) is 0 Å². The molecule has 128 valence electrons. The van der Waals surface area contributed by atoms with Crippen molar-refractivity contribution in [3.05, 3.63) is 71.6 Å². The summed E-state index contributed by atoms with van der Waals surface area (Å²) in [6.45, 7) is 1.62. The third-order valence-electron chi connectivity index (χ3n) is 4.07. The van der Waals surface area contributed by atoms with Gasteiger partial charge in [-0.05, 0) is 60.9 Å². The summed E-state index contributed by atoms with van der Waals surface area (Å²) in [4.78, 5) is 26.0. The van der Waals surface area contributed by atoms with E-state index in [1.165, 1.54) is 18.2 Å². The second-order valence-electron chi connectivity index (χ2n) is 5.95. The first-order valence-corrected chi connectivity index (χ1v) is 8.26. The highest BCUT2D eigenvalue weighted by Crippen LogP contribution is 2.15. The van der Waals surface area contributed by atoms with Gasteiger partial charge in [0.15, 0.2) is 0 Å². The van der Waals surface area contributed by atoms with Gasteiger partial charge in [0.1, 0.15) is 5.82 Å². The highest BCUT2D eigenvalue weighted by Gasteiger charge is 2.19. The Morgan fingerprint density at radius 1 is 1.04 bits per heavy atom. The van der Waals surface area contributed by atoms with Crippen LogP contribution in [-0.2, 0) is 4.79 Å². The maximum Gasteiger partial charge on any atom is 0.253 e. The zero-order valence-electron chi connectivity index (χ0n) is 13.7. The van der Waals surface area contributed by atoms with Crippen LogP contribution in [-0.4, -0.2) is 29.8 Å². The molecule has 25 heavy (non-hydrogen) atoms. The molecule has 1 heterocycles. The molecule has 1 aliphatic heterocycles. The fourth-order valence-electron chi connectivity index (χ4n) is 2.77. The fourth-order valence-corrected chi connectivity index (χ4v) is 2.77. The standard InChI is InChI=1S/C20H19FN2O2/c21-17-5-3-4-15(14-17)6-11-19(24)22-18-9-7-16(8-10-18)20(25)23-12-1-2-13-23/h3-11,14H,1-2,12-13H2,(H,22,24)/b11-6+. The van der Waals surface area contributed by atoms with E-state index in [-0.39, 0.29) is 17.6 Å². The lowest BCUT2D eigenvalue weighted by atomic mass is 10.1. The Kier molecular flexibility index (Phi) is 5.23. The van der Waals surface area contributed by atoms with E-state index in [0.717, 1.165) is 25.9 Å². The van der Waals surface area contributed by atoms with Crippen LogP contribution in [0.2, 0.25) is 0 Å². The van der Waals surface area contributed by atoms with Crippen molar-refractivity contribution in [3.8, 4) is 0 Å². The number of nitrogens with zero attached hydrogens (tertiary/aromatic N) is 1. The first-order valence-electron chi connectivity index (χ1n) is 8.26. The summed E-state index contributed by atoms with van der Waals surface area (Å²) >= 11 is 0. The molecule has 2 aromatic carbocycles. The van der Waals surface area contributed by atoms with E-state index in [0.29, 0.717) is 16.8 Å². The second kappa shape index (κ2) is 7.75. The molecule has 2 aromatic rings. The molecule has 0 aromatic heterocycles. The molecule has 1 fully saturated rings. The zero-order chi connectivity index (χ0) is 17.6. The first kappa shape index (κ1) is 16.9. The molecule has 5 heteroatoms. The highest BCUT2D eigenvalue weighted by atomic mass is 19.1. The van der Waals surface area contributed by atoms with E-state index >= 15 is 0 Å². The second-order valence-corrected chi connectivity index (χ2v) is 5.95. The molecule has 0 radical (unpaired) electrons. The average molecular weight is 338 g/mol. The Morgan fingerprint density at radius 2 is 1.76 bits per heavy atom. The molecule has 2 amide bonds. The number of likely N-dealkylation sites (tertiary alicyclic amines) is 1. The number of halogens is 1. The Bertz CT molecular complexity index is 794. The van der Waals surface area contributed by atoms with Gasteiger partial charge < -0.3 is 10.2 Å². The maximum atomic E-state index is 13.1. The Morgan fingerprint density at radius 3 is 2.44 bits per heavy atom. The van der Waals surface area contributed by atoms with Gasteiger partial charge in [-0.15, -0.1) is 0 Å². The van der Waals surface area contributed by atoms with Crippen molar-refractivity contribution in [3.63, 3.8) is 0 Å². The molecule has 0 saturated carbocycles. The van der Waals surface area contributed by atoms with Crippen molar-refractivity contribution >= 4 is 23.6 Å². The third kappa shape index (κ3) is 4.53. The molecule has 4 nitrogen and oxygen atoms in total. The van der Waals surface area contributed by atoms with Crippen molar-refractivity contribution in [2.24, 2.45) is 0 Å². The highest BCUT2D eigenvalue weighted by molar-refractivity contribution is 6.02. The van der Waals surface area contributed by atoms with Crippen LogP contribution in [0, 0.1) is 5.82 Å². The molecule has 0 atom stereocenters. The van der Waals surface area contributed by atoms with Gasteiger partial charge in [0.05, 0.1) is 0 Å². The van der Waals surface area contributed by atoms with Gasteiger partial charge >= 0.3 is 0 Å². The van der Waals surface area contributed by atoms with Crippen molar-refractivity contribution < 1.29 is 14.0 Å². The number of hydrogen-bond acceptors (Lipinski definition) is 2. The Hall–Kier alpha value is -2.95. The average Bonchev–Trinajstić information content (AvgIpc) is 3.15. The van der Waals surface area contributed by atoms with Gasteiger partial charge in [-0.3, -0.25) is 9.59 Å². The molecule has 0 spiro atoms. The van der Waals surface area contributed by atoms with Crippen LogP contribution in [0.4, 0.5) is 10.1 Å². The van der Waals surface area contributed by atoms with Gasteiger partial charge in [-0.2, -0.15) is 0 Å². The van der Waals surface area contributed by atoms with Crippen LogP contribution in [0.5, 0.6) is 0 Å². The third-order valence-corrected chi connectivity index (χ3v) is 4.07. The predicted octanol–water partition coefficient (Wildman–Crippen LogP) is 3.71. The minimum Gasteiger partial charge on any atom is -0.339 e. The van der Waals surface area contributed by atoms with E-state index in [1.54, 1.807) is 42.5 Å². The lowest BCUT2D eigenvalue weighted by Crippen LogP contribution is -2.27. The summed E-state index contributed by atoms with van der Waals surface area (Å²) in [5.41, 5.74) is 1.84. The summed E-state index contributed by atoms with van der Waals surface area (Å²) in [5, 5.41) is 2.72.